The van der Waals surface area contributed by atoms with Crippen molar-refractivity contribution in [3.8, 4) is 0 Å². The summed E-state index contributed by atoms with van der Waals surface area (Å²) in [4.78, 5) is 0. The van der Waals surface area contributed by atoms with E-state index in [9.17, 15) is 0 Å². The average molecular weight is 409 g/mol. The van der Waals surface area contributed by atoms with Gasteiger partial charge >= 0.3 is 0 Å². The Hall–Kier alpha value is 0. The zero-order valence-electron chi connectivity index (χ0n) is 23.6. The lowest BCUT2D eigenvalue weighted by atomic mass is 9.37. The maximum absolute atomic E-state index is 2.65. The van der Waals surface area contributed by atoms with Crippen LogP contribution >= 0.6 is 0 Å². The fourth-order valence-electron chi connectivity index (χ4n) is 6.90. The van der Waals surface area contributed by atoms with Gasteiger partial charge in [0, 0.05) is 0 Å². The maximum atomic E-state index is 2.65. The molecule has 176 valence electrons. The van der Waals surface area contributed by atoms with Crippen LogP contribution in [-0.4, -0.2) is 0 Å². The van der Waals surface area contributed by atoms with Crippen molar-refractivity contribution >= 4 is 0 Å². The summed E-state index contributed by atoms with van der Waals surface area (Å²) >= 11 is 0. The zero-order valence-corrected chi connectivity index (χ0v) is 23.6. The predicted octanol–water partition coefficient (Wildman–Crippen LogP) is 10.3. The smallest absolute Gasteiger partial charge is 0.0190 e. The Bertz CT molecular complexity index is 487. The Morgan fingerprint density at radius 1 is 0.621 bits per heavy atom. The van der Waals surface area contributed by atoms with E-state index < -0.39 is 0 Å². The molecule has 0 saturated carbocycles. The van der Waals surface area contributed by atoms with Crippen molar-refractivity contribution in [2.45, 2.75) is 136 Å². The second-order valence-corrected chi connectivity index (χ2v) is 13.6. The molecule has 0 saturated heterocycles. The molecule has 0 heteroatoms. The summed E-state index contributed by atoms with van der Waals surface area (Å²) in [5.74, 6) is 2.91. The SMILES string of the molecule is CCC(C)C(CC)C(C)(C(C)(C)C)C(C)(C)C(C)(C)C(C)(CCC(C)C)C(C)C. The summed E-state index contributed by atoms with van der Waals surface area (Å²) in [6, 6.07) is 0. The van der Waals surface area contributed by atoms with Crippen molar-refractivity contribution in [3.63, 3.8) is 0 Å². The molecule has 0 aliphatic rings. The summed E-state index contributed by atoms with van der Waals surface area (Å²) in [7, 11) is 0. The van der Waals surface area contributed by atoms with Crippen molar-refractivity contribution < 1.29 is 0 Å². The molecule has 29 heavy (non-hydrogen) atoms. The van der Waals surface area contributed by atoms with Crippen LogP contribution in [0.3, 0.4) is 0 Å². The van der Waals surface area contributed by atoms with Crippen molar-refractivity contribution in [2.24, 2.45) is 50.7 Å². The van der Waals surface area contributed by atoms with Gasteiger partial charge in [0.2, 0.25) is 0 Å². The first-order valence-corrected chi connectivity index (χ1v) is 12.8. The van der Waals surface area contributed by atoms with Gasteiger partial charge in [0.25, 0.3) is 0 Å². The minimum absolute atomic E-state index is 0.193. The molecular formula is C29H60. The maximum Gasteiger partial charge on any atom is -0.0190 e. The zero-order chi connectivity index (χ0) is 23.6. The third-order valence-corrected chi connectivity index (χ3v) is 10.9. The first-order chi connectivity index (χ1) is 12.8. The highest BCUT2D eigenvalue weighted by atomic mass is 14.7. The molecule has 0 aliphatic carbocycles. The van der Waals surface area contributed by atoms with Crippen LogP contribution in [0.4, 0.5) is 0 Å². The molecule has 0 N–H and O–H groups in total. The highest BCUT2D eigenvalue weighted by Gasteiger charge is 2.63. The fraction of sp³-hybridized carbons (Fsp3) is 1.00. The molecule has 4 atom stereocenters. The van der Waals surface area contributed by atoms with E-state index in [0.717, 1.165) is 17.8 Å². The van der Waals surface area contributed by atoms with Crippen molar-refractivity contribution in [2.75, 3.05) is 0 Å². The normalized spacial score (nSPS) is 20.5. The Morgan fingerprint density at radius 3 is 1.34 bits per heavy atom. The largest absolute Gasteiger partial charge is 0.0651 e. The van der Waals surface area contributed by atoms with Gasteiger partial charge in [0.05, 0.1) is 0 Å². The van der Waals surface area contributed by atoms with E-state index in [1.165, 1.54) is 25.7 Å². The van der Waals surface area contributed by atoms with E-state index in [2.05, 4.69) is 111 Å². The summed E-state index contributed by atoms with van der Waals surface area (Å²) in [6.45, 7) is 40.3. The number of hydrogen-bond acceptors (Lipinski definition) is 0. The first-order valence-electron chi connectivity index (χ1n) is 12.8. The minimum Gasteiger partial charge on any atom is -0.0651 e. The van der Waals surface area contributed by atoms with Crippen LogP contribution in [0.25, 0.3) is 0 Å². The van der Waals surface area contributed by atoms with Crippen molar-refractivity contribution in [1.29, 1.82) is 0 Å². The van der Waals surface area contributed by atoms with E-state index in [4.69, 9.17) is 0 Å². The molecule has 0 nitrogen and oxygen atoms in total. The third kappa shape index (κ3) is 4.92. The lowest BCUT2D eigenvalue weighted by molar-refractivity contribution is -0.198. The Labute approximate surface area is 187 Å². The van der Waals surface area contributed by atoms with Gasteiger partial charge in [0.1, 0.15) is 0 Å². The van der Waals surface area contributed by atoms with Gasteiger partial charge in [0.15, 0.2) is 0 Å². The second kappa shape index (κ2) is 9.65. The molecule has 0 aliphatic heterocycles. The van der Waals surface area contributed by atoms with Gasteiger partial charge in [-0.05, 0) is 57.2 Å². The summed E-state index contributed by atoms with van der Waals surface area (Å²) in [6.07, 6.45) is 5.18. The standard InChI is InChI=1S/C29H60/c1-17-23(7)24(18-2)29(16,25(8,9)10)27(13,14)26(11,12)28(15,22(5)6)20-19-21(3)4/h21-24H,17-20H2,1-16H3. The molecule has 0 fully saturated rings. The third-order valence-electron chi connectivity index (χ3n) is 10.9. The number of hydrogen-bond donors (Lipinski definition) is 0. The molecule has 0 aromatic rings. The highest BCUT2D eigenvalue weighted by Crippen LogP contribution is 2.70. The van der Waals surface area contributed by atoms with Crippen molar-refractivity contribution in [1.82, 2.24) is 0 Å². The molecule has 0 bridgehead atoms. The van der Waals surface area contributed by atoms with Gasteiger partial charge in [-0.25, -0.2) is 0 Å². The summed E-state index contributed by atoms with van der Waals surface area (Å²) < 4.78 is 0. The second-order valence-electron chi connectivity index (χ2n) is 13.6. The van der Waals surface area contributed by atoms with E-state index in [1.54, 1.807) is 0 Å². The van der Waals surface area contributed by atoms with Gasteiger partial charge in [-0.2, -0.15) is 0 Å². The van der Waals surface area contributed by atoms with Gasteiger partial charge in [-0.3, -0.25) is 0 Å². The highest BCUT2D eigenvalue weighted by molar-refractivity contribution is 5.11. The van der Waals surface area contributed by atoms with Crippen LogP contribution < -0.4 is 0 Å². The molecular weight excluding hydrogens is 348 g/mol. The van der Waals surface area contributed by atoms with E-state index in [0.29, 0.717) is 11.3 Å². The molecule has 0 aromatic carbocycles. The molecule has 0 spiro atoms. The Kier molecular flexibility index (Phi) is 9.65. The molecule has 0 heterocycles. The van der Waals surface area contributed by atoms with Crippen LogP contribution in [0.5, 0.6) is 0 Å². The lowest BCUT2D eigenvalue weighted by Gasteiger charge is -2.68. The topological polar surface area (TPSA) is 0 Å². The van der Waals surface area contributed by atoms with Crippen LogP contribution in [0, 0.1) is 50.7 Å². The van der Waals surface area contributed by atoms with Crippen LogP contribution in [0.1, 0.15) is 136 Å². The molecule has 0 aromatic heterocycles. The van der Waals surface area contributed by atoms with Gasteiger partial charge < -0.3 is 0 Å². The summed E-state index contributed by atoms with van der Waals surface area (Å²) in [5, 5.41) is 0. The predicted molar refractivity (Wildman–Crippen MR) is 135 cm³/mol. The first kappa shape index (κ1) is 29.0. The number of rotatable bonds is 11. The van der Waals surface area contributed by atoms with Crippen LogP contribution in [0.2, 0.25) is 0 Å². The average Bonchev–Trinajstić information content (AvgIpc) is 2.57. The van der Waals surface area contributed by atoms with Crippen LogP contribution in [-0.2, 0) is 0 Å². The van der Waals surface area contributed by atoms with Gasteiger partial charge in [-0.1, -0.05) is 130 Å². The minimum atomic E-state index is 0.193. The molecule has 4 unspecified atom stereocenters. The lowest BCUT2D eigenvalue weighted by Crippen LogP contribution is -2.62. The molecule has 0 radical (unpaired) electrons. The van der Waals surface area contributed by atoms with E-state index in [-0.39, 0.29) is 21.7 Å². The van der Waals surface area contributed by atoms with Gasteiger partial charge in [-0.15, -0.1) is 0 Å². The summed E-state index contributed by atoms with van der Waals surface area (Å²) in [5.41, 5.74) is 1.20. The fourth-order valence-corrected chi connectivity index (χ4v) is 6.90. The monoisotopic (exact) mass is 408 g/mol. The van der Waals surface area contributed by atoms with E-state index >= 15 is 0 Å². The quantitative estimate of drug-likeness (QED) is 0.319. The molecule has 0 amide bonds. The molecule has 0 rings (SSSR count). The van der Waals surface area contributed by atoms with E-state index in [1.807, 2.05) is 0 Å². The Balaban J connectivity index is 6.78. The van der Waals surface area contributed by atoms with Crippen LogP contribution in [0.15, 0.2) is 0 Å². The Morgan fingerprint density at radius 2 is 1.07 bits per heavy atom. The van der Waals surface area contributed by atoms with Crippen molar-refractivity contribution in [3.05, 3.63) is 0 Å².